The second kappa shape index (κ2) is 41.3. The average molecular weight is 833 g/mol. The fourth-order valence-electron chi connectivity index (χ4n) is 6.95. The highest BCUT2D eigenvalue weighted by atomic mass is 16.7. The van der Waals surface area contributed by atoms with Crippen LogP contribution in [0.25, 0.3) is 0 Å². The SMILES string of the molecule is CC/C=C\C/C=C\C/C=C\C/C=C\CCCCCCCCCCCCCOCC(COC1OC(CO)C(O)C(O)C1O)OC(=O)CCCCCCC/C=C\CCCCC. The van der Waals surface area contributed by atoms with Crippen molar-refractivity contribution in [1.29, 1.82) is 0 Å². The largest absolute Gasteiger partial charge is 0.457 e. The number of carbonyl (C=O) groups is 1. The molecule has 0 aliphatic carbocycles. The summed E-state index contributed by atoms with van der Waals surface area (Å²) in [5.41, 5.74) is 0. The molecular formula is C50H88O9. The average Bonchev–Trinajstić information content (AvgIpc) is 3.24. The van der Waals surface area contributed by atoms with E-state index in [1.54, 1.807) is 0 Å². The Kier molecular flexibility index (Phi) is 38.4. The van der Waals surface area contributed by atoms with Crippen LogP contribution in [0, 0.1) is 0 Å². The first-order valence-corrected chi connectivity index (χ1v) is 23.9. The van der Waals surface area contributed by atoms with Crippen molar-refractivity contribution in [2.75, 3.05) is 26.4 Å². The molecule has 0 aromatic rings. The zero-order valence-corrected chi connectivity index (χ0v) is 37.5. The van der Waals surface area contributed by atoms with Gasteiger partial charge in [-0.3, -0.25) is 4.79 Å². The number of aliphatic hydroxyl groups is 4. The number of allylic oxidation sites excluding steroid dienone is 10. The van der Waals surface area contributed by atoms with Crippen LogP contribution in [0.15, 0.2) is 60.8 Å². The molecule has 1 aliphatic heterocycles. The minimum Gasteiger partial charge on any atom is -0.457 e. The number of aliphatic hydroxyl groups excluding tert-OH is 4. The fraction of sp³-hybridized carbons (Fsp3) is 0.780. The van der Waals surface area contributed by atoms with Gasteiger partial charge in [0.1, 0.15) is 30.5 Å². The molecule has 6 unspecified atom stereocenters. The molecule has 9 heteroatoms. The second-order valence-corrected chi connectivity index (χ2v) is 16.2. The van der Waals surface area contributed by atoms with Gasteiger partial charge in [-0.15, -0.1) is 0 Å². The summed E-state index contributed by atoms with van der Waals surface area (Å²) in [6.07, 6.45) is 45.4. The van der Waals surface area contributed by atoms with Gasteiger partial charge in [-0.2, -0.15) is 0 Å². The van der Waals surface area contributed by atoms with Crippen molar-refractivity contribution in [2.45, 2.75) is 224 Å². The summed E-state index contributed by atoms with van der Waals surface area (Å²) in [5, 5.41) is 40.1. The summed E-state index contributed by atoms with van der Waals surface area (Å²) >= 11 is 0. The van der Waals surface area contributed by atoms with Crippen molar-refractivity contribution in [3.8, 4) is 0 Å². The number of ether oxygens (including phenoxy) is 4. The Morgan fingerprint density at radius 2 is 1.03 bits per heavy atom. The summed E-state index contributed by atoms with van der Waals surface area (Å²) in [4.78, 5) is 12.8. The van der Waals surface area contributed by atoms with Crippen LogP contribution in [0.2, 0.25) is 0 Å². The lowest BCUT2D eigenvalue weighted by Gasteiger charge is -2.39. The maximum Gasteiger partial charge on any atom is 0.306 e. The number of hydrogen-bond donors (Lipinski definition) is 4. The van der Waals surface area contributed by atoms with Gasteiger partial charge in [-0.05, 0) is 77.0 Å². The molecule has 0 bridgehead atoms. The van der Waals surface area contributed by atoms with Gasteiger partial charge in [0.2, 0.25) is 0 Å². The first kappa shape index (κ1) is 54.9. The first-order chi connectivity index (χ1) is 28.9. The molecule has 1 rings (SSSR count). The zero-order valence-electron chi connectivity index (χ0n) is 37.5. The molecule has 59 heavy (non-hydrogen) atoms. The molecular weight excluding hydrogens is 745 g/mol. The zero-order chi connectivity index (χ0) is 42.9. The van der Waals surface area contributed by atoms with Gasteiger partial charge in [-0.25, -0.2) is 0 Å². The van der Waals surface area contributed by atoms with Crippen molar-refractivity contribution < 1.29 is 44.2 Å². The van der Waals surface area contributed by atoms with E-state index in [9.17, 15) is 25.2 Å². The Morgan fingerprint density at radius 1 is 0.559 bits per heavy atom. The van der Waals surface area contributed by atoms with Crippen molar-refractivity contribution in [1.82, 2.24) is 0 Å². The second-order valence-electron chi connectivity index (χ2n) is 16.2. The Labute approximate surface area is 360 Å². The summed E-state index contributed by atoms with van der Waals surface area (Å²) in [5.74, 6) is -0.326. The molecule has 0 spiro atoms. The molecule has 9 nitrogen and oxygen atoms in total. The standard InChI is InChI=1S/C50H88O9/c1-3-5-7-9-11-13-15-17-18-19-20-21-22-23-24-25-26-27-28-30-32-34-36-38-40-56-42-44(43-57-50-49(55)48(54)47(53)45(41-51)59-50)58-46(52)39-37-35-33-31-29-16-14-12-10-8-6-4-2/h5,7,11-14,17-18,20-21,44-45,47-51,53-55H,3-4,6,8-10,15-16,19,22-43H2,1-2H3/b7-5-,13-11-,14-12-,18-17-,21-20-. The molecule has 1 saturated heterocycles. The lowest BCUT2D eigenvalue weighted by molar-refractivity contribution is -0.305. The van der Waals surface area contributed by atoms with E-state index in [0.717, 1.165) is 70.6 Å². The Morgan fingerprint density at radius 3 is 1.58 bits per heavy atom. The van der Waals surface area contributed by atoms with Crippen LogP contribution in [-0.4, -0.2) is 89.6 Å². The minimum absolute atomic E-state index is 0.119. The van der Waals surface area contributed by atoms with Crippen LogP contribution in [0.4, 0.5) is 0 Å². The minimum atomic E-state index is -1.54. The van der Waals surface area contributed by atoms with Crippen LogP contribution in [0.3, 0.4) is 0 Å². The predicted molar refractivity (Wildman–Crippen MR) is 242 cm³/mol. The van der Waals surface area contributed by atoms with E-state index in [-0.39, 0.29) is 19.2 Å². The highest BCUT2D eigenvalue weighted by Gasteiger charge is 2.44. The van der Waals surface area contributed by atoms with Crippen molar-refractivity contribution in [2.24, 2.45) is 0 Å². The molecule has 0 radical (unpaired) electrons. The molecule has 0 aromatic heterocycles. The Bertz CT molecular complexity index is 1080. The number of unbranched alkanes of at least 4 members (excludes halogenated alkanes) is 19. The molecule has 1 fully saturated rings. The van der Waals surface area contributed by atoms with Gasteiger partial charge < -0.3 is 39.4 Å². The molecule has 0 saturated carbocycles. The lowest BCUT2D eigenvalue weighted by atomic mass is 9.99. The van der Waals surface area contributed by atoms with Crippen molar-refractivity contribution in [3.63, 3.8) is 0 Å². The third kappa shape index (κ3) is 32.3. The predicted octanol–water partition coefficient (Wildman–Crippen LogP) is 11.1. The van der Waals surface area contributed by atoms with Gasteiger partial charge in [-0.1, -0.05) is 164 Å². The molecule has 0 amide bonds. The van der Waals surface area contributed by atoms with E-state index in [1.165, 1.54) is 96.3 Å². The van der Waals surface area contributed by atoms with Crippen LogP contribution in [0.5, 0.6) is 0 Å². The van der Waals surface area contributed by atoms with Crippen LogP contribution < -0.4 is 0 Å². The normalized spacial score (nSPS) is 20.7. The first-order valence-electron chi connectivity index (χ1n) is 23.9. The fourth-order valence-corrected chi connectivity index (χ4v) is 6.95. The maximum atomic E-state index is 12.8. The van der Waals surface area contributed by atoms with Crippen LogP contribution in [0.1, 0.15) is 187 Å². The maximum absolute atomic E-state index is 12.8. The van der Waals surface area contributed by atoms with Gasteiger partial charge in [0.05, 0.1) is 19.8 Å². The topological polar surface area (TPSA) is 135 Å². The van der Waals surface area contributed by atoms with E-state index in [1.807, 2.05) is 0 Å². The summed E-state index contributed by atoms with van der Waals surface area (Å²) in [7, 11) is 0. The third-order valence-corrected chi connectivity index (χ3v) is 10.7. The summed E-state index contributed by atoms with van der Waals surface area (Å²) in [6, 6.07) is 0. The Balaban J connectivity index is 2.19. The van der Waals surface area contributed by atoms with Crippen molar-refractivity contribution in [3.05, 3.63) is 60.8 Å². The van der Waals surface area contributed by atoms with Gasteiger partial charge in [0.25, 0.3) is 0 Å². The van der Waals surface area contributed by atoms with Crippen LogP contribution >= 0.6 is 0 Å². The quantitative estimate of drug-likeness (QED) is 0.0270. The van der Waals surface area contributed by atoms with Gasteiger partial charge in [0.15, 0.2) is 6.29 Å². The molecule has 0 aromatic carbocycles. The van der Waals surface area contributed by atoms with E-state index >= 15 is 0 Å². The van der Waals surface area contributed by atoms with Crippen molar-refractivity contribution >= 4 is 5.97 Å². The highest BCUT2D eigenvalue weighted by Crippen LogP contribution is 2.22. The number of rotatable bonds is 40. The molecule has 1 aliphatic rings. The smallest absolute Gasteiger partial charge is 0.306 e. The Hall–Kier alpha value is -2.11. The van der Waals surface area contributed by atoms with E-state index < -0.39 is 43.4 Å². The lowest BCUT2D eigenvalue weighted by Crippen LogP contribution is -2.59. The molecule has 1 heterocycles. The highest BCUT2D eigenvalue weighted by molar-refractivity contribution is 5.69. The molecule has 4 N–H and O–H groups in total. The molecule has 6 atom stereocenters. The monoisotopic (exact) mass is 833 g/mol. The van der Waals surface area contributed by atoms with E-state index in [2.05, 4.69) is 74.6 Å². The summed E-state index contributed by atoms with van der Waals surface area (Å²) < 4.78 is 22.8. The molecule has 342 valence electrons. The van der Waals surface area contributed by atoms with Gasteiger partial charge in [0, 0.05) is 13.0 Å². The number of esters is 1. The van der Waals surface area contributed by atoms with Crippen LogP contribution in [-0.2, 0) is 23.7 Å². The third-order valence-electron chi connectivity index (χ3n) is 10.7. The summed E-state index contributed by atoms with van der Waals surface area (Å²) in [6.45, 7) is 4.40. The van der Waals surface area contributed by atoms with E-state index in [4.69, 9.17) is 18.9 Å². The van der Waals surface area contributed by atoms with Gasteiger partial charge >= 0.3 is 5.97 Å². The number of hydrogen-bond acceptors (Lipinski definition) is 9. The van der Waals surface area contributed by atoms with E-state index in [0.29, 0.717) is 13.0 Å². The number of carbonyl (C=O) groups excluding carboxylic acids is 1.